The van der Waals surface area contributed by atoms with E-state index in [0.29, 0.717) is 13.2 Å². The standard InChI is InChI=1S/C22H22FNO2/c1-2-3-4-5-16-6-8-17(9-7-16)22-25-14-20(15-26-22)18-10-11-19(13-24)21(23)12-18/h2-3,6-12,20,22H,4-5,14-15H2,1H3. The largest absolute Gasteiger partial charge is 0.348 e. The minimum Gasteiger partial charge on any atom is -0.348 e. The molecule has 1 aliphatic heterocycles. The molecule has 1 heterocycles. The Morgan fingerprint density at radius 2 is 1.81 bits per heavy atom. The predicted molar refractivity (Wildman–Crippen MR) is 98.1 cm³/mol. The Hall–Kier alpha value is -2.48. The van der Waals surface area contributed by atoms with Crippen molar-refractivity contribution in [1.29, 1.82) is 5.26 Å². The lowest BCUT2D eigenvalue weighted by molar-refractivity contribution is -0.191. The lowest BCUT2D eigenvalue weighted by Crippen LogP contribution is -2.25. The van der Waals surface area contributed by atoms with Gasteiger partial charge >= 0.3 is 0 Å². The average Bonchev–Trinajstić information content (AvgIpc) is 2.69. The number of ether oxygens (including phenoxy) is 2. The van der Waals surface area contributed by atoms with Crippen molar-refractivity contribution in [3.8, 4) is 6.07 Å². The van der Waals surface area contributed by atoms with Crippen molar-refractivity contribution in [3.05, 3.63) is 82.7 Å². The number of nitriles is 1. The lowest BCUT2D eigenvalue weighted by atomic mass is 9.98. The van der Waals surface area contributed by atoms with Crippen LogP contribution in [0.2, 0.25) is 0 Å². The molecule has 26 heavy (non-hydrogen) atoms. The van der Waals surface area contributed by atoms with E-state index in [-0.39, 0.29) is 17.8 Å². The van der Waals surface area contributed by atoms with Crippen LogP contribution in [-0.4, -0.2) is 13.2 Å². The van der Waals surface area contributed by atoms with E-state index >= 15 is 0 Å². The van der Waals surface area contributed by atoms with E-state index in [9.17, 15) is 4.39 Å². The van der Waals surface area contributed by atoms with Crippen LogP contribution in [0.5, 0.6) is 0 Å². The molecule has 134 valence electrons. The summed E-state index contributed by atoms with van der Waals surface area (Å²) in [7, 11) is 0. The fourth-order valence-corrected chi connectivity index (χ4v) is 3.02. The van der Waals surface area contributed by atoms with Gasteiger partial charge in [0.2, 0.25) is 0 Å². The van der Waals surface area contributed by atoms with Crippen LogP contribution in [-0.2, 0) is 15.9 Å². The molecule has 0 atom stereocenters. The summed E-state index contributed by atoms with van der Waals surface area (Å²) in [6, 6.07) is 14.8. The van der Waals surface area contributed by atoms with Crippen LogP contribution in [0.25, 0.3) is 0 Å². The van der Waals surface area contributed by atoms with Gasteiger partial charge in [-0.3, -0.25) is 0 Å². The van der Waals surface area contributed by atoms with Crippen molar-refractivity contribution in [1.82, 2.24) is 0 Å². The maximum atomic E-state index is 13.8. The van der Waals surface area contributed by atoms with Crippen LogP contribution in [0.1, 0.15) is 47.8 Å². The minimum atomic E-state index is -0.499. The maximum Gasteiger partial charge on any atom is 0.183 e. The molecule has 2 aromatic rings. The van der Waals surface area contributed by atoms with Crippen molar-refractivity contribution < 1.29 is 13.9 Å². The molecule has 0 N–H and O–H groups in total. The molecule has 1 aliphatic rings. The summed E-state index contributed by atoms with van der Waals surface area (Å²) >= 11 is 0. The molecule has 0 unspecified atom stereocenters. The van der Waals surface area contributed by atoms with E-state index < -0.39 is 5.82 Å². The van der Waals surface area contributed by atoms with Crippen LogP contribution in [0.15, 0.2) is 54.6 Å². The molecular formula is C22H22FNO2. The second kappa shape index (κ2) is 8.75. The third-order valence-electron chi connectivity index (χ3n) is 4.57. The number of benzene rings is 2. The zero-order valence-corrected chi connectivity index (χ0v) is 14.8. The predicted octanol–water partition coefficient (Wildman–Crippen LogP) is 5.04. The normalized spacial score (nSPS) is 20.2. The van der Waals surface area contributed by atoms with E-state index in [2.05, 4.69) is 24.3 Å². The highest BCUT2D eigenvalue weighted by Gasteiger charge is 2.25. The van der Waals surface area contributed by atoms with E-state index in [0.717, 1.165) is 24.0 Å². The summed E-state index contributed by atoms with van der Waals surface area (Å²) in [5.41, 5.74) is 3.12. The molecule has 0 aromatic heterocycles. The van der Waals surface area contributed by atoms with Crippen molar-refractivity contribution in [2.45, 2.75) is 32.0 Å². The smallest absolute Gasteiger partial charge is 0.183 e. The molecule has 0 aliphatic carbocycles. The van der Waals surface area contributed by atoms with Gasteiger partial charge in [0, 0.05) is 11.5 Å². The average molecular weight is 351 g/mol. The Morgan fingerprint density at radius 1 is 1.12 bits per heavy atom. The molecule has 0 amide bonds. The molecule has 1 fully saturated rings. The van der Waals surface area contributed by atoms with Gasteiger partial charge < -0.3 is 9.47 Å². The zero-order valence-electron chi connectivity index (χ0n) is 14.8. The minimum absolute atomic E-state index is 0.0337. The van der Waals surface area contributed by atoms with Crippen LogP contribution in [0, 0.1) is 17.1 Å². The zero-order chi connectivity index (χ0) is 18.4. The first-order valence-electron chi connectivity index (χ1n) is 8.84. The number of nitrogens with zero attached hydrogens (tertiary/aromatic N) is 1. The topological polar surface area (TPSA) is 42.2 Å². The third-order valence-corrected chi connectivity index (χ3v) is 4.57. The van der Waals surface area contributed by atoms with Gasteiger partial charge in [-0.05, 0) is 43.0 Å². The van der Waals surface area contributed by atoms with E-state index in [1.165, 1.54) is 17.7 Å². The van der Waals surface area contributed by atoms with Gasteiger partial charge in [-0.1, -0.05) is 42.5 Å². The van der Waals surface area contributed by atoms with Gasteiger partial charge in [0.25, 0.3) is 0 Å². The van der Waals surface area contributed by atoms with Crippen molar-refractivity contribution in [3.63, 3.8) is 0 Å². The van der Waals surface area contributed by atoms with E-state index in [1.54, 1.807) is 6.07 Å². The van der Waals surface area contributed by atoms with Crippen LogP contribution in [0.3, 0.4) is 0 Å². The first-order valence-corrected chi connectivity index (χ1v) is 8.84. The molecule has 1 saturated heterocycles. The van der Waals surface area contributed by atoms with Crippen LogP contribution in [0.4, 0.5) is 4.39 Å². The molecule has 0 radical (unpaired) electrons. The van der Waals surface area contributed by atoms with E-state index in [4.69, 9.17) is 14.7 Å². The van der Waals surface area contributed by atoms with Crippen molar-refractivity contribution in [2.75, 3.05) is 13.2 Å². The number of rotatable bonds is 5. The van der Waals surface area contributed by atoms with Gasteiger partial charge in [-0.25, -0.2) is 4.39 Å². The molecule has 3 rings (SSSR count). The Bertz CT molecular complexity index is 800. The highest BCUT2D eigenvalue weighted by atomic mass is 19.1. The van der Waals surface area contributed by atoms with Gasteiger partial charge in [-0.2, -0.15) is 5.26 Å². The van der Waals surface area contributed by atoms with Crippen molar-refractivity contribution >= 4 is 0 Å². The first kappa shape index (κ1) is 18.3. The molecule has 2 aromatic carbocycles. The van der Waals surface area contributed by atoms with Crippen LogP contribution < -0.4 is 0 Å². The summed E-state index contributed by atoms with van der Waals surface area (Å²) in [5.74, 6) is -0.533. The van der Waals surface area contributed by atoms with Gasteiger partial charge in [0.1, 0.15) is 11.9 Å². The number of hydrogen-bond donors (Lipinski definition) is 0. The maximum absolute atomic E-state index is 13.8. The number of aryl methyl sites for hydroxylation is 1. The lowest BCUT2D eigenvalue weighted by Gasteiger charge is -2.30. The number of hydrogen-bond acceptors (Lipinski definition) is 3. The quantitative estimate of drug-likeness (QED) is 0.709. The van der Waals surface area contributed by atoms with Crippen molar-refractivity contribution in [2.24, 2.45) is 0 Å². The first-order chi connectivity index (χ1) is 12.7. The second-order valence-corrected chi connectivity index (χ2v) is 6.40. The summed E-state index contributed by atoms with van der Waals surface area (Å²) in [6.45, 7) is 2.94. The van der Waals surface area contributed by atoms with Gasteiger partial charge in [0.15, 0.2) is 6.29 Å². The summed E-state index contributed by atoms with van der Waals surface area (Å²) in [5, 5.41) is 8.82. The van der Waals surface area contributed by atoms with Crippen LogP contribution >= 0.6 is 0 Å². The second-order valence-electron chi connectivity index (χ2n) is 6.40. The highest BCUT2D eigenvalue weighted by Crippen LogP contribution is 2.30. The monoisotopic (exact) mass is 351 g/mol. The Balaban J connectivity index is 1.58. The molecule has 0 saturated carbocycles. The highest BCUT2D eigenvalue weighted by molar-refractivity contribution is 5.35. The Morgan fingerprint density at radius 3 is 2.42 bits per heavy atom. The molecule has 0 bridgehead atoms. The Labute approximate surface area is 153 Å². The summed E-state index contributed by atoms with van der Waals surface area (Å²) < 4.78 is 25.5. The Kier molecular flexibility index (Phi) is 6.17. The fourth-order valence-electron chi connectivity index (χ4n) is 3.02. The van der Waals surface area contributed by atoms with Gasteiger partial charge in [0.05, 0.1) is 18.8 Å². The fraction of sp³-hybridized carbons (Fsp3) is 0.318. The molecule has 0 spiro atoms. The van der Waals surface area contributed by atoms with Gasteiger partial charge in [-0.15, -0.1) is 0 Å². The van der Waals surface area contributed by atoms with E-state index in [1.807, 2.05) is 25.1 Å². The summed E-state index contributed by atoms with van der Waals surface area (Å²) in [4.78, 5) is 0. The third kappa shape index (κ3) is 4.37. The number of allylic oxidation sites excluding steroid dienone is 2. The molecule has 4 heteroatoms. The molecule has 3 nitrogen and oxygen atoms in total. The summed E-state index contributed by atoms with van der Waals surface area (Å²) in [6.07, 6.45) is 5.89. The number of halogens is 1. The molecular weight excluding hydrogens is 329 g/mol. The SMILES string of the molecule is CC=CCCc1ccc(C2OCC(c3ccc(C#N)c(F)c3)CO2)cc1.